The van der Waals surface area contributed by atoms with E-state index in [2.05, 4.69) is 36.3 Å². The highest BCUT2D eigenvalue weighted by Gasteiger charge is 2.04. The van der Waals surface area contributed by atoms with E-state index in [-0.39, 0.29) is 0 Å². The predicted molar refractivity (Wildman–Crippen MR) is 69.5 cm³/mol. The van der Waals surface area contributed by atoms with Gasteiger partial charge in [0.05, 0.1) is 0 Å². The van der Waals surface area contributed by atoms with Crippen molar-refractivity contribution in [1.29, 1.82) is 0 Å². The molecule has 0 fully saturated rings. The lowest BCUT2D eigenvalue weighted by molar-refractivity contribution is 0.593. The molecule has 2 rings (SSSR count). The SMILES string of the molecule is CC(C)NCc1cnc(-c2ccccc2)s1. The molecule has 1 aromatic carbocycles. The van der Waals surface area contributed by atoms with E-state index in [1.807, 2.05) is 24.4 Å². The summed E-state index contributed by atoms with van der Waals surface area (Å²) in [7, 11) is 0. The van der Waals surface area contributed by atoms with Crippen molar-refractivity contribution in [3.8, 4) is 10.6 Å². The van der Waals surface area contributed by atoms with Crippen molar-refractivity contribution in [2.75, 3.05) is 0 Å². The zero-order valence-corrected chi connectivity index (χ0v) is 10.4. The molecule has 0 bridgehead atoms. The first-order chi connectivity index (χ1) is 7.75. The van der Waals surface area contributed by atoms with E-state index < -0.39 is 0 Å². The molecule has 1 heterocycles. The highest BCUT2D eigenvalue weighted by atomic mass is 32.1. The minimum Gasteiger partial charge on any atom is -0.310 e. The van der Waals surface area contributed by atoms with Crippen LogP contribution in [0.4, 0.5) is 0 Å². The van der Waals surface area contributed by atoms with Crippen LogP contribution in [-0.2, 0) is 6.54 Å². The van der Waals surface area contributed by atoms with E-state index in [1.54, 1.807) is 11.3 Å². The van der Waals surface area contributed by atoms with Gasteiger partial charge in [-0.05, 0) is 0 Å². The van der Waals surface area contributed by atoms with Gasteiger partial charge in [0, 0.05) is 29.2 Å². The van der Waals surface area contributed by atoms with Crippen LogP contribution >= 0.6 is 11.3 Å². The van der Waals surface area contributed by atoms with Crippen LogP contribution in [0.25, 0.3) is 10.6 Å². The summed E-state index contributed by atoms with van der Waals surface area (Å²) in [5.74, 6) is 0. The van der Waals surface area contributed by atoms with Crippen LogP contribution in [-0.4, -0.2) is 11.0 Å². The Balaban J connectivity index is 2.08. The lowest BCUT2D eigenvalue weighted by atomic mass is 10.2. The molecule has 16 heavy (non-hydrogen) atoms. The van der Waals surface area contributed by atoms with Crippen molar-refractivity contribution < 1.29 is 0 Å². The number of nitrogens with zero attached hydrogens (tertiary/aromatic N) is 1. The van der Waals surface area contributed by atoms with Crippen molar-refractivity contribution in [2.45, 2.75) is 26.4 Å². The molecular weight excluding hydrogens is 216 g/mol. The lowest BCUT2D eigenvalue weighted by Crippen LogP contribution is -2.21. The Morgan fingerprint density at radius 3 is 2.69 bits per heavy atom. The molecule has 0 spiro atoms. The summed E-state index contributed by atoms with van der Waals surface area (Å²) < 4.78 is 0. The third-order valence-electron chi connectivity index (χ3n) is 2.26. The summed E-state index contributed by atoms with van der Waals surface area (Å²) in [4.78, 5) is 5.73. The largest absolute Gasteiger partial charge is 0.310 e. The molecule has 0 aliphatic rings. The monoisotopic (exact) mass is 232 g/mol. The van der Waals surface area contributed by atoms with Gasteiger partial charge >= 0.3 is 0 Å². The second-order valence-corrected chi connectivity index (χ2v) is 5.15. The summed E-state index contributed by atoms with van der Waals surface area (Å²) in [6.45, 7) is 5.21. The minimum atomic E-state index is 0.516. The first-order valence-electron chi connectivity index (χ1n) is 5.49. The maximum atomic E-state index is 4.44. The smallest absolute Gasteiger partial charge is 0.123 e. The first kappa shape index (κ1) is 11.3. The minimum absolute atomic E-state index is 0.516. The zero-order valence-electron chi connectivity index (χ0n) is 9.60. The molecular formula is C13H16N2S. The van der Waals surface area contributed by atoms with Crippen LogP contribution in [0.3, 0.4) is 0 Å². The van der Waals surface area contributed by atoms with Crippen LogP contribution in [0.5, 0.6) is 0 Å². The Labute approximate surface area is 100 Å². The fourth-order valence-electron chi connectivity index (χ4n) is 1.41. The summed E-state index contributed by atoms with van der Waals surface area (Å²) >= 11 is 1.75. The Morgan fingerprint density at radius 1 is 1.25 bits per heavy atom. The lowest BCUT2D eigenvalue weighted by Gasteiger charge is -2.04. The Hall–Kier alpha value is -1.19. The van der Waals surface area contributed by atoms with Crippen LogP contribution < -0.4 is 5.32 Å². The number of aromatic nitrogens is 1. The van der Waals surface area contributed by atoms with Crippen molar-refractivity contribution in [2.24, 2.45) is 0 Å². The van der Waals surface area contributed by atoms with Gasteiger partial charge in [-0.2, -0.15) is 0 Å². The predicted octanol–water partition coefficient (Wildman–Crippen LogP) is 3.31. The van der Waals surface area contributed by atoms with Gasteiger partial charge in [-0.1, -0.05) is 44.2 Å². The normalized spacial score (nSPS) is 10.9. The van der Waals surface area contributed by atoms with E-state index in [9.17, 15) is 0 Å². The highest BCUT2D eigenvalue weighted by Crippen LogP contribution is 2.24. The number of nitrogens with one attached hydrogen (secondary N) is 1. The Morgan fingerprint density at radius 2 is 2.00 bits per heavy atom. The molecule has 2 aromatic rings. The average molecular weight is 232 g/mol. The van der Waals surface area contributed by atoms with Gasteiger partial charge < -0.3 is 5.32 Å². The topological polar surface area (TPSA) is 24.9 Å². The molecule has 84 valence electrons. The van der Waals surface area contributed by atoms with E-state index in [1.165, 1.54) is 10.4 Å². The zero-order chi connectivity index (χ0) is 11.4. The molecule has 0 amide bonds. The molecule has 1 N–H and O–H groups in total. The third-order valence-corrected chi connectivity index (χ3v) is 3.31. The van der Waals surface area contributed by atoms with E-state index >= 15 is 0 Å². The maximum Gasteiger partial charge on any atom is 0.123 e. The molecule has 1 aromatic heterocycles. The molecule has 0 saturated heterocycles. The molecule has 0 radical (unpaired) electrons. The second kappa shape index (κ2) is 5.23. The third kappa shape index (κ3) is 2.90. The van der Waals surface area contributed by atoms with Crippen LogP contribution in [0.15, 0.2) is 36.5 Å². The number of benzene rings is 1. The number of thiazole rings is 1. The number of hydrogen-bond acceptors (Lipinski definition) is 3. The molecule has 0 unspecified atom stereocenters. The Bertz CT molecular complexity index is 434. The van der Waals surface area contributed by atoms with Gasteiger partial charge in [0.25, 0.3) is 0 Å². The summed E-state index contributed by atoms with van der Waals surface area (Å²) in [6.07, 6.45) is 1.96. The van der Waals surface area contributed by atoms with E-state index in [4.69, 9.17) is 0 Å². The average Bonchev–Trinajstić information content (AvgIpc) is 2.76. The first-order valence-corrected chi connectivity index (χ1v) is 6.31. The standard InChI is InChI=1S/C13H16N2S/c1-10(2)14-8-12-9-15-13(16-12)11-6-4-3-5-7-11/h3-7,9-10,14H,8H2,1-2H3. The fraction of sp³-hybridized carbons (Fsp3) is 0.308. The maximum absolute atomic E-state index is 4.44. The van der Waals surface area contributed by atoms with E-state index in [0.29, 0.717) is 6.04 Å². The highest BCUT2D eigenvalue weighted by molar-refractivity contribution is 7.15. The quantitative estimate of drug-likeness (QED) is 0.874. The van der Waals surface area contributed by atoms with Crippen molar-refractivity contribution in [1.82, 2.24) is 10.3 Å². The second-order valence-electron chi connectivity index (χ2n) is 4.03. The van der Waals surface area contributed by atoms with Gasteiger partial charge in [0.1, 0.15) is 5.01 Å². The molecule has 0 atom stereocenters. The van der Waals surface area contributed by atoms with Crippen molar-refractivity contribution >= 4 is 11.3 Å². The van der Waals surface area contributed by atoms with E-state index in [0.717, 1.165) is 11.6 Å². The molecule has 3 heteroatoms. The molecule has 0 aliphatic heterocycles. The van der Waals surface area contributed by atoms with Crippen LogP contribution in [0, 0.1) is 0 Å². The molecule has 2 nitrogen and oxygen atoms in total. The van der Waals surface area contributed by atoms with Crippen LogP contribution in [0.2, 0.25) is 0 Å². The molecule has 0 saturated carbocycles. The number of rotatable bonds is 4. The van der Waals surface area contributed by atoms with Crippen LogP contribution in [0.1, 0.15) is 18.7 Å². The van der Waals surface area contributed by atoms with Gasteiger partial charge in [0.2, 0.25) is 0 Å². The van der Waals surface area contributed by atoms with Gasteiger partial charge in [-0.25, -0.2) is 4.98 Å². The summed E-state index contributed by atoms with van der Waals surface area (Å²) in [5.41, 5.74) is 1.20. The molecule has 0 aliphatic carbocycles. The van der Waals surface area contributed by atoms with Gasteiger partial charge in [-0.3, -0.25) is 0 Å². The summed E-state index contributed by atoms with van der Waals surface area (Å²) in [5, 5.41) is 4.50. The van der Waals surface area contributed by atoms with Crippen molar-refractivity contribution in [3.63, 3.8) is 0 Å². The summed E-state index contributed by atoms with van der Waals surface area (Å²) in [6, 6.07) is 10.8. The fourth-order valence-corrected chi connectivity index (χ4v) is 2.28. The number of hydrogen-bond donors (Lipinski definition) is 1. The van der Waals surface area contributed by atoms with Gasteiger partial charge in [0.15, 0.2) is 0 Å². The van der Waals surface area contributed by atoms with Crippen molar-refractivity contribution in [3.05, 3.63) is 41.4 Å². The Kier molecular flexibility index (Phi) is 3.70. The van der Waals surface area contributed by atoms with Gasteiger partial charge in [-0.15, -0.1) is 11.3 Å².